The van der Waals surface area contributed by atoms with Gasteiger partial charge < -0.3 is 15.5 Å². The number of rotatable bonds is 4. The molecule has 0 saturated heterocycles. The van der Waals surface area contributed by atoms with Crippen molar-refractivity contribution in [3.8, 4) is 0 Å². The summed E-state index contributed by atoms with van der Waals surface area (Å²) >= 11 is 1.71. The molecule has 0 unspecified atom stereocenters. The van der Waals surface area contributed by atoms with Gasteiger partial charge in [0.2, 0.25) is 17.8 Å². The Balaban J connectivity index is 2.21. The van der Waals surface area contributed by atoms with Gasteiger partial charge in [-0.2, -0.15) is 15.0 Å². The van der Waals surface area contributed by atoms with E-state index in [2.05, 4.69) is 26.4 Å². The van der Waals surface area contributed by atoms with Crippen LogP contribution in [0.5, 0.6) is 0 Å². The van der Waals surface area contributed by atoms with Gasteiger partial charge in [0.25, 0.3) is 0 Å². The van der Waals surface area contributed by atoms with Crippen LogP contribution in [-0.2, 0) is 6.54 Å². The van der Waals surface area contributed by atoms with Crippen LogP contribution >= 0.6 is 11.3 Å². The maximum Gasteiger partial charge on any atom is 0.232 e. The molecule has 0 aromatic carbocycles. The van der Waals surface area contributed by atoms with Crippen molar-refractivity contribution in [3.05, 3.63) is 22.4 Å². The first-order valence-electron chi connectivity index (χ1n) is 5.48. The molecular formula is C11H16N6S. The van der Waals surface area contributed by atoms with Gasteiger partial charge >= 0.3 is 0 Å². The van der Waals surface area contributed by atoms with Crippen LogP contribution in [0.2, 0.25) is 0 Å². The third-order valence-electron chi connectivity index (χ3n) is 2.34. The first-order chi connectivity index (χ1) is 8.56. The van der Waals surface area contributed by atoms with Gasteiger partial charge in [-0.25, -0.2) is 0 Å². The van der Waals surface area contributed by atoms with E-state index in [1.165, 1.54) is 4.88 Å². The Bertz CT molecular complexity index is 510. The molecule has 2 aromatic heterocycles. The molecule has 0 amide bonds. The number of hydrogen-bond acceptors (Lipinski definition) is 7. The van der Waals surface area contributed by atoms with Crippen molar-refractivity contribution in [3.63, 3.8) is 0 Å². The quantitative estimate of drug-likeness (QED) is 0.895. The van der Waals surface area contributed by atoms with Crippen molar-refractivity contribution < 1.29 is 0 Å². The molecule has 2 heterocycles. The molecule has 18 heavy (non-hydrogen) atoms. The molecule has 0 aliphatic rings. The van der Waals surface area contributed by atoms with Crippen LogP contribution in [-0.4, -0.2) is 36.1 Å². The van der Waals surface area contributed by atoms with Gasteiger partial charge in [-0.3, -0.25) is 0 Å². The third-order valence-corrected chi connectivity index (χ3v) is 3.20. The molecule has 0 saturated carbocycles. The van der Waals surface area contributed by atoms with E-state index in [9.17, 15) is 0 Å². The van der Waals surface area contributed by atoms with Crippen molar-refractivity contribution >= 4 is 29.2 Å². The highest BCUT2D eigenvalue weighted by Crippen LogP contribution is 2.17. The van der Waals surface area contributed by atoms with Gasteiger partial charge in [-0.1, -0.05) is 6.07 Å². The smallest absolute Gasteiger partial charge is 0.232 e. The van der Waals surface area contributed by atoms with Crippen LogP contribution in [0, 0.1) is 0 Å². The lowest BCUT2D eigenvalue weighted by Crippen LogP contribution is -2.22. The molecule has 2 rings (SSSR count). The second kappa shape index (κ2) is 5.18. The lowest BCUT2D eigenvalue weighted by molar-refractivity contribution is 0.855. The van der Waals surface area contributed by atoms with Gasteiger partial charge in [0.05, 0.1) is 6.54 Å². The number of nitrogens with zero attached hydrogens (tertiary/aromatic N) is 5. The highest BCUT2D eigenvalue weighted by atomic mass is 32.1. The van der Waals surface area contributed by atoms with Gasteiger partial charge in [-0.05, 0) is 11.4 Å². The largest absolute Gasteiger partial charge is 0.368 e. The monoisotopic (exact) mass is 264 g/mol. The maximum atomic E-state index is 5.70. The molecule has 6 nitrogen and oxygen atoms in total. The fourth-order valence-corrected chi connectivity index (χ4v) is 2.20. The Hall–Kier alpha value is -1.89. The van der Waals surface area contributed by atoms with Gasteiger partial charge in [-0.15, -0.1) is 11.3 Å². The zero-order valence-electron chi connectivity index (χ0n) is 10.7. The molecule has 0 bridgehead atoms. The van der Waals surface area contributed by atoms with Gasteiger partial charge in [0.1, 0.15) is 0 Å². The molecule has 2 aromatic rings. The van der Waals surface area contributed by atoms with Gasteiger partial charge in [0, 0.05) is 26.0 Å². The van der Waals surface area contributed by atoms with Crippen molar-refractivity contribution in [2.75, 3.05) is 36.7 Å². The fraction of sp³-hybridized carbons (Fsp3) is 0.364. The number of anilines is 3. The summed E-state index contributed by atoms with van der Waals surface area (Å²) in [6.45, 7) is 0.758. The summed E-state index contributed by atoms with van der Waals surface area (Å²) in [5, 5.41) is 2.05. The molecule has 0 radical (unpaired) electrons. The number of nitrogens with two attached hydrogens (primary N) is 1. The standard InChI is InChI=1S/C11H16N6S/c1-16(2)10-13-9(12)14-11(15-10)17(3)7-8-5-4-6-18-8/h4-6H,7H2,1-3H3,(H2,12,13,14,15). The summed E-state index contributed by atoms with van der Waals surface area (Å²) in [6.07, 6.45) is 0. The highest BCUT2D eigenvalue weighted by Gasteiger charge is 2.10. The van der Waals surface area contributed by atoms with Crippen LogP contribution in [0.1, 0.15) is 4.88 Å². The summed E-state index contributed by atoms with van der Waals surface area (Å²) in [4.78, 5) is 17.6. The SMILES string of the molecule is CN(C)c1nc(N)nc(N(C)Cc2cccs2)n1. The highest BCUT2D eigenvalue weighted by molar-refractivity contribution is 7.09. The van der Waals surface area contributed by atoms with E-state index in [0.29, 0.717) is 11.9 Å². The lowest BCUT2D eigenvalue weighted by Gasteiger charge is -2.18. The van der Waals surface area contributed by atoms with Crippen LogP contribution < -0.4 is 15.5 Å². The number of hydrogen-bond donors (Lipinski definition) is 1. The predicted molar refractivity (Wildman–Crippen MR) is 75.0 cm³/mol. The third kappa shape index (κ3) is 2.86. The van der Waals surface area contributed by atoms with Crippen LogP contribution in [0.4, 0.5) is 17.8 Å². The average Bonchev–Trinajstić information content (AvgIpc) is 2.80. The molecule has 0 spiro atoms. The topological polar surface area (TPSA) is 71.2 Å². The lowest BCUT2D eigenvalue weighted by atomic mass is 10.4. The molecule has 0 atom stereocenters. The first kappa shape index (κ1) is 12.6. The molecule has 0 aliphatic heterocycles. The summed E-state index contributed by atoms with van der Waals surface area (Å²) < 4.78 is 0. The molecule has 0 fully saturated rings. The van der Waals surface area contributed by atoms with E-state index < -0.39 is 0 Å². The summed E-state index contributed by atoms with van der Waals surface area (Å²) in [5.41, 5.74) is 5.70. The van der Waals surface area contributed by atoms with Crippen LogP contribution in [0.25, 0.3) is 0 Å². The van der Waals surface area contributed by atoms with E-state index in [1.54, 1.807) is 16.2 Å². The minimum atomic E-state index is 0.238. The van der Waals surface area contributed by atoms with Crippen molar-refractivity contribution in [2.45, 2.75) is 6.54 Å². The van der Waals surface area contributed by atoms with E-state index in [-0.39, 0.29) is 5.95 Å². The maximum absolute atomic E-state index is 5.70. The molecule has 7 heteroatoms. The Labute approximate surface area is 110 Å². The molecular weight excluding hydrogens is 248 g/mol. The second-order valence-corrected chi connectivity index (χ2v) is 5.16. The zero-order chi connectivity index (χ0) is 13.1. The average molecular weight is 264 g/mol. The number of nitrogen functional groups attached to an aromatic ring is 1. The normalized spacial score (nSPS) is 10.4. The molecule has 2 N–H and O–H groups in total. The minimum Gasteiger partial charge on any atom is -0.368 e. The fourth-order valence-electron chi connectivity index (χ4n) is 1.45. The Morgan fingerprint density at radius 1 is 1.17 bits per heavy atom. The van der Waals surface area contributed by atoms with E-state index in [1.807, 2.05) is 32.1 Å². The van der Waals surface area contributed by atoms with Crippen molar-refractivity contribution in [1.29, 1.82) is 0 Å². The van der Waals surface area contributed by atoms with Crippen LogP contribution in [0.3, 0.4) is 0 Å². The summed E-state index contributed by atoms with van der Waals surface area (Å²) in [5.74, 6) is 1.39. The Morgan fingerprint density at radius 3 is 2.50 bits per heavy atom. The summed E-state index contributed by atoms with van der Waals surface area (Å²) in [7, 11) is 5.68. The van der Waals surface area contributed by atoms with E-state index in [4.69, 9.17) is 5.73 Å². The minimum absolute atomic E-state index is 0.238. The van der Waals surface area contributed by atoms with E-state index in [0.717, 1.165) is 6.54 Å². The van der Waals surface area contributed by atoms with Crippen LogP contribution in [0.15, 0.2) is 17.5 Å². The molecule has 0 aliphatic carbocycles. The number of thiophene rings is 1. The summed E-state index contributed by atoms with van der Waals surface area (Å²) in [6, 6.07) is 4.11. The Kier molecular flexibility index (Phi) is 3.61. The molecule has 96 valence electrons. The van der Waals surface area contributed by atoms with Crippen molar-refractivity contribution in [2.24, 2.45) is 0 Å². The van der Waals surface area contributed by atoms with E-state index >= 15 is 0 Å². The zero-order valence-corrected chi connectivity index (χ0v) is 11.5. The van der Waals surface area contributed by atoms with Crippen molar-refractivity contribution in [1.82, 2.24) is 15.0 Å². The second-order valence-electron chi connectivity index (χ2n) is 4.12. The van der Waals surface area contributed by atoms with Gasteiger partial charge in [0.15, 0.2) is 0 Å². The number of aromatic nitrogens is 3. The predicted octanol–water partition coefficient (Wildman–Crippen LogP) is 1.22. The Morgan fingerprint density at radius 2 is 1.89 bits per heavy atom. The first-order valence-corrected chi connectivity index (χ1v) is 6.36.